The third-order valence-corrected chi connectivity index (χ3v) is 0.577. The monoisotopic (exact) mass is 187 g/mol. The van der Waals surface area contributed by atoms with E-state index in [2.05, 4.69) is 39.2 Å². The van der Waals surface area contributed by atoms with Crippen molar-refractivity contribution in [2.75, 3.05) is 6.54 Å². The van der Waals surface area contributed by atoms with Crippen molar-refractivity contribution in [1.29, 1.82) is 0 Å². The summed E-state index contributed by atoms with van der Waals surface area (Å²) < 4.78 is 0. The molecule has 0 fully saturated rings. The largest absolute Gasteiger partial charge is 0.331 e. The maximum Gasteiger partial charge on any atom is -0.0106 e. The first-order valence-electron chi connectivity index (χ1n) is 5.01. The van der Waals surface area contributed by atoms with Crippen molar-refractivity contribution in [1.82, 2.24) is 0 Å². The smallest absolute Gasteiger partial charge is 0.0106 e. The molecule has 0 aromatic carbocycles. The second kappa shape index (κ2) is 42.1. The first-order valence-corrected chi connectivity index (χ1v) is 5.01. The van der Waals surface area contributed by atoms with E-state index >= 15 is 0 Å². The van der Waals surface area contributed by atoms with Gasteiger partial charge in [0.05, 0.1) is 0 Å². The average Bonchev–Trinajstić information content (AvgIpc) is 2.12. The fourth-order valence-corrected chi connectivity index (χ4v) is 0.385. The molecule has 0 saturated carbocycles. The molecule has 0 bridgehead atoms. The van der Waals surface area contributed by atoms with E-state index in [-0.39, 0.29) is 0 Å². The highest BCUT2D eigenvalue weighted by molar-refractivity contribution is 4.79. The van der Waals surface area contributed by atoms with Crippen molar-refractivity contribution in [3.8, 4) is 0 Å². The minimum atomic E-state index is 0.718. The molecule has 0 atom stereocenters. The summed E-state index contributed by atoms with van der Waals surface area (Å²) in [4.78, 5) is 0. The van der Waals surface area contributed by atoms with Gasteiger partial charge >= 0.3 is 0 Å². The predicted molar refractivity (Wildman–Crippen MR) is 67.0 cm³/mol. The molecule has 0 radical (unpaired) electrons. The highest BCUT2D eigenvalue weighted by Gasteiger charge is 1.76. The van der Waals surface area contributed by atoms with Crippen molar-refractivity contribution in [2.24, 2.45) is 11.7 Å². The molecule has 0 rings (SSSR count). The summed E-state index contributed by atoms with van der Waals surface area (Å²) in [6.07, 6.45) is 4.24. The van der Waals surface area contributed by atoms with Gasteiger partial charge in [0.2, 0.25) is 0 Å². The van der Waals surface area contributed by atoms with Crippen LogP contribution >= 0.6 is 0 Å². The summed E-state index contributed by atoms with van der Waals surface area (Å²) in [6, 6.07) is 0. The Morgan fingerprint density at radius 1 is 1.23 bits per heavy atom. The topological polar surface area (TPSA) is 26.0 Å². The molecule has 0 amide bonds. The Morgan fingerprint density at radius 2 is 1.46 bits per heavy atom. The lowest BCUT2D eigenvalue weighted by Crippen LogP contribution is -1.87. The summed E-state index contributed by atoms with van der Waals surface area (Å²) in [5, 5.41) is 0. The van der Waals surface area contributed by atoms with E-state index in [0.29, 0.717) is 0 Å². The van der Waals surface area contributed by atoms with Crippen LogP contribution in [0.25, 0.3) is 0 Å². The highest BCUT2D eigenvalue weighted by Crippen LogP contribution is 1.90. The molecule has 0 heterocycles. The molecule has 1 heteroatoms. The Morgan fingerprint density at radius 3 is 1.46 bits per heavy atom. The van der Waals surface area contributed by atoms with Gasteiger partial charge in [-0.25, -0.2) is 0 Å². The molecule has 82 valence electrons. The molecule has 0 saturated heterocycles. The number of allylic oxidation sites excluding steroid dienone is 2. The fourth-order valence-electron chi connectivity index (χ4n) is 0.385. The second-order valence-corrected chi connectivity index (χ2v) is 2.18. The van der Waals surface area contributed by atoms with Gasteiger partial charge in [-0.15, -0.1) is 13.2 Å². The Kier molecular flexibility index (Phi) is 74.1. The summed E-state index contributed by atoms with van der Waals surface area (Å²) in [6.45, 7) is 19.0. The molecule has 2 N–H and O–H groups in total. The molecule has 13 heavy (non-hydrogen) atoms. The lowest BCUT2D eigenvalue weighted by atomic mass is 10.2. The standard InChI is InChI=1S/C6H12.C2H7N.C2H6.C2H4/c1-4-5-6(2)3;1-2-3;2*1-2/h4-6H,1-3H3;2-3H2,1H3;1-2H3;1-2H2/b5-4-;;;. The number of nitrogens with two attached hydrogens (primary N) is 1. The van der Waals surface area contributed by atoms with Crippen molar-refractivity contribution in [3.63, 3.8) is 0 Å². The maximum atomic E-state index is 4.85. The number of rotatable bonds is 1. The van der Waals surface area contributed by atoms with Crippen LogP contribution in [0.2, 0.25) is 0 Å². The van der Waals surface area contributed by atoms with Gasteiger partial charge in [-0.2, -0.15) is 0 Å². The first kappa shape index (κ1) is 22.9. The van der Waals surface area contributed by atoms with Gasteiger partial charge in [-0.05, 0) is 19.4 Å². The van der Waals surface area contributed by atoms with Gasteiger partial charge in [-0.1, -0.05) is 46.8 Å². The zero-order valence-corrected chi connectivity index (χ0v) is 10.4. The van der Waals surface area contributed by atoms with E-state index in [1.807, 2.05) is 27.7 Å². The molecule has 0 aromatic rings. The lowest BCUT2D eigenvalue weighted by molar-refractivity contribution is 0.830. The third-order valence-electron chi connectivity index (χ3n) is 0.577. The van der Waals surface area contributed by atoms with Crippen LogP contribution in [-0.2, 0) is 0 Å². The van der Waals surface area contributed by atoms with Crippen molar-refractivity contribution < 1.29 is 0 Å². The molecule has 0 aromatic heterocycles. The second-order valence-electron chi connectivity index (χ2n) is 2.18. The van der Waals surface area contributed by atoms with Crippen LogP contribution in [0.15, 0.2) is 25.3 Å². The first-order chi connectivity index (χ1) is 6.18. The van der Waals surface area contributed by atoms with Crippen LogP contribution in [0.3, 0.4) is 0 Å². The molecule has 0 spiro atoms. The Bertz CT molecular complexity index is 65.5. The van der Waals surface area contributed by atoms with Crippen LogP contribution in [0.5, 0.6) is 0 Å². The van der Waals surface area contributed by atoms with Gasteiger partial charge < -0.3 is 5.73 Å². The fraction of sp³-hybridized carbons (Fsp3) is 0.667. The lowest BCUT2D eigenvalue weighted by Gasteiger charge is -1.86. The Balaban J connectivity index is -0.0000000493. The van der Waals surface area contributed by atoms with Crippen LogP contribution in [0.4, 0.5) is 0 Å². The average molecular weight is 187 g/mol. The molecule has 0 unspecified atom stereocenters. The third kappa shape index (κ3) is 171. The predicted octanol–water partition coefficient (Wildman–Crippen LogP) is 4.01. The minimum Gasteiger partial charge on any atom is -0.331 e. The number of hydrogen-bond acceptors (Lipinski definition) is 1. The molecule has 0 aliphatic heterocycles. The van der Waals surface area contributed by atoms with E-state index in [1.54, 1.807) is 0 Å². The SMILES string of the molecule is C/C=C\C(C)C.C=C.CC.CCN. The molecule has 1 nitrogen and oxygen atoms in total. The number of hydrogen-bond donors (Lipinski definition) is 1. The van der Waals surface area contributed by atoms with E-state index in [4.69, 9.17) is 5.73 Å². The van der Waals surface area contributed by atoms with Crippen molar-refractivity contribution in [3.05, 3.63) is 25.3 Å². The molecule has 0 aliphatic rings. The van der Waals surface area contributed by atoms with Crippen LogP contribution in [0.1, 0.15) is 41.5 Å². The van der Waals surface area contributed by atoms with Gasteiger partial charge in [0, 0.05) is 0 Å². The summed E-state index contributed by atoms with van der Waals surface area (Å²) in [5.41, 5.74) is 4.85. The van der Waals surface area contributed by atoms with E-state index < -0.39 is 0 Å². The van der Waals surface area contributed by atoms with E-state index in [0.717, 1.165) is 12.5 Å². The Hall–Kier alpha value is -0.560. The van der Waals surface area contributed by atoms with Crippen molar-refractivity contribution in [2.45, 2.75) is 41.5 Å². The van der Waals surface area contributed by atoms with Gasteiger partial charge in [0.15, 0.2) is 0 Å². The van der Waals surface area contributed by atoms with Crippen LogP contribution < -0.4 is 5.73 Å². The summed E-state index contributed by atoms with van der Waals surface area (Å²) in [5.74, 6) is 0.718. The molecular formula is C12H29N. The zero-order chi connectivity index (χ0) is 11.7. The Labute approximate surface area is 85.7 Å². The summed E-state index contributed by atoms with van der Waals surface area (Å²) in [7, 11) is 0. The van der Waals surface area contributed by atoms with Gasteiger partial charge in [0.1, 0.15) is 0 Å². The van der Waals surface area contributed by atoms with Crippen LogP contribution in [0, 0.1) is 5.92 Å². The quantitative estimate of drug-likeness (QED) is 0.617. The van der Waals surface area contributed by atoms with Crippen molar-refractivity contribution >= 4 is 0 Å². The molecular weight excluding hydrogens is 158 g/mol. The minimum absolute atomic E-state index is 0.718. The van der Waals surface area contributed by atoms with E-state index in [9.17, 15) is 0 Å². The summed E-state index contributed by atoms with van der Waals surface area (Å²) >= 11 is 0. The molecule has 0 aliphatic carbocycles. The van der Waals surface area contributed by atoms with Gasteiger partial charge in [0.25, 0.3) is 0 Å². The zero-order valence-electron chi connectivity index (χ0n) is 10.4. The highest BCUT2D eigenvalue weighted by atomic mass is 14.5. The van der Waals surface area contributed by atoms with Gasteiger partial charge in [-0.3, -0.25) is 0 Å². The van der Waals surface area contributed by atoms with E-state index in [1.165, 1.54) is 0 Å². The maximum absolute atomic E-state index is 4.85. The van der Waals surface area contributed by atoms with Crippen LogP contribution in [-0.4, -0.2) is 6.54 Å². The normalized spacial score (nSPS) is 7.38.